The molecule has 112 valence electrons. The number of nitrogens with one attached hydrogen (secondary N) is 1. The zero-order valence-electron chi connectivity index (χ0n) is 12.1. The van der Waals surface area contributed by atoms with Crippen molar-refractivity contribution in [3.05, 3.63) is 11.2 Å². The molecule has 0 saturated heterocycles. The van der Waals surface area contributed by atoms with Gasteiger partial charge in [0, 0.05) is 26.2 Å². The molecule has 0 bridgehead atoms. The molecule has 0 aromatic carbocycles. The predicted molar refractivity (Wildman–Crippen MR) is 84.6 cm³/mol. The summed E-state index contributed by atoms with van der Waals surface area (Å²) >= 11 is 7.30. The highest BCUT2D eigenvalue weighted by molar-refractivity contribution is 7.99. The second kappa shape index (κ2) is 9.02. The largest absolute Gasteiger partial charge is 0.360 e. The predicted octanol–water partition coefficient (Wildman–Crippen LogP) is 2.59. The maximum absolute atomic E-state index is 11.6. The minimum Gasteiger partial charge on any atom is -0.360 e. The molecule has 0 fully saturated rings. The lowest BCUT2D eigenvalue weighted by Gasteiger charge is -2.17. The Morgan fingerprint density at radius 3 is 2.80 bits per heavy atom. The second-order valence-electron chi connectivity index (χ2n) is 4.39. The van der Waals surface area contributed by atoms with Crippen LogP contribution in [0, 0.1) is 0 Å². The first kappa shape index (κ1) is 17.0. The molecular weight excluding hydrogens is 296 g/mol. The topological polar surface area (TPSA) is 58.1 Å². The van der Waals surface area contributed by atoms with Gasteiger partial charge in [0.15, 0.2) is 5.16 Å². The van der Waals surface area contributed by atoms with Crippen molar-refractivity contribution in [3.63, 3.8) is 0 Å². The van der Waals surface area contributed by atoms with Crippen molar-refractivity contribution >= 4 is 35.1 Å². The fourth-order valence-electron chi connectivity index (χ4n) is 1.54. The van der Waals surface area contributed by atoms with Gasteiger partial charge in [-0.15, -0.1) is 0 Å². The molecule has 0 saturated carbocycles. The molecule has 7 heteroatoms. The molecule has 0 unspecified atom stereocenters. The summed E-state index contributed by atoms with van der Waals surface area (Å²) in [5.41, 5.74) is 0. The Hall–Kier alpha value is -1.01. The van der Waals surface area contributed by atoms with Crippen molar-refractivity contribution in [3.8, 4) is 0 Å². The quantitative estimate of drug-likeness (QED) is 0.454. The number of aromatic nitrogens is 2. The molecule has 1 aromatic rings. The molecule has 1 N–H and O–H groups in total. The van der Waals surface area contributed by atoms with Crippen LogP contribution in [0.1, 0.15) is 26.7 Å². The number of thioether (sulfide) groups is 1. The first-order valence-corrected chi connectivity index (χ1v) is 8.08. The molecule has 0 spiro atoms. The minimum absolute atomic E-state index is 0.0103. The van der Waals surface area contributed by atoms with Crippen molar-refractivity contribution in [1.29, 1.82) is 0 Å². The second-order valence-corrected chi connectivity index (χ2v) is 5.72. The van der Waals surface area contributed by atoms with E-state index in [0.717, 1.165) is 25.2 Å². The molecule has 20 heavy (non-hydrogen) atoms. The Morgan fingerprint density at radius 1 is 1.40 bits per heavy atom. The molecule has 1 rings (SSSR count). The van der Waals surface area contributed by atoms with Gasteiger partial charge in [0.05, 0.1) is 5.75 Å². The van der Waals surface area contributed by atoms with Gasteiger partial charge in [0.25, 0.3) is 0 Å². The smallest absolute Gasteiger partial charge is 0.230 e. The summed E-state index contributed by atoms with van der Waals surface area (Å²) < 4.78 is 0. The first-order valence-electron chi connectivity index (χ1n) is 6.72. The number of nitrogens with zero attached hydrogens (tertiary/aromatic N) is 3. The van der Waals surface area contributed by atoms with Crippen molar-refractivity contribution in [2.24, 2.45) is 0 Å². The van der Waals surface area contributed by atoms with Crippen LogP contribution < -0.4 is 10.2 Å². The molecule has 0 radical (unpaired) electrons. The highest BCUT2D eigenvalue weighted by Gasteiger charge is 2.09. The number of carbonyl (C=O) groups is 1. The number of carbonyl (C=O) groups excluding carboxylic acids is 1. The highest BCUT2D eigenvalue weighted by Crippen LogP contribution is 2.21. The summed E-state index contributed by atoms with van der Waals surface area (Å²) in [5, 5.41) is 3.74. The summed E-state index contributed by atoms with van der Waals surface area (Å²) in [6.45, 7) is 5.71. The van der Waals surface area contributed by atoms with E-state index in [2.05, 4.69) is 22.2 Å². The number of halogens is 1. The molecule has 1 amide bonds. The Bertz CT molecular complexity index is 444. The van der Waals surface area contributed by atoms with Crippen LogP contribution >= 0.6 is 23.4 Å². The van der Waals surface area contributed by atoms with Crippen LogP contribution in [0.3, 0.4) is 0 Å². The standard InChI is InChI=1S/C13H21ClN4OS/c1-4-6-15-12(19)9-20-13-16-10(14)8-11(17-13)18(3)7-5-2/h8H,4-7,9H2,1-3H3,(H,15,19). The van der Waals surface area contributed by atoms with Gasteiger partial charge >= 0.3 is 0 Å². The summed E-state index contributed by atoms with van der Waals surface area (Å²) in [7, 11) is 1.96. The van der Waals surface area contributed by atoms with E-state index in [1.165, 1.54) is 11.8 Å². The molecule has 1 aromatic heterocycles. The monoisotopic (exact) mass is 316 g/mol. The van der Waals surface area contributed by atoms with Gasteiger partial charge in [-0.25, -0.2) is 9.97 Å². The molecule has 0 aliphatic heterocycles. The summed E-state index contributed by atoms with van der Waals surface area (Å²) in [6.07, 6.45) is 1.95. The van der Waals surface area contributed by atoms with E-state index in [0.29, 0.717) is 22.6 Å². The molecule has 1 heterocycles. The molecule has 0 aliphatic carbocycles. The van der Waals surface area contributed by atoms with Crippen LogP contribution in [0.25, 0.3) is 0 Å². The van der Waals surface area contributed by atoms with E-state index in [1.54, 1.807) is 6.07 Å². The van der Waals surface area contributed by atoms with Crippen molar-refractivity contribution < 1.29 is 4.79 Å². The van der Waals surface area contributed by atoms with Gasteiger partial charge < -0.3 is 10.2 Å². The van der Waals surface area contributed by atoms with Gasteiger partial charge in [-0.1, -0.05) is 37.2 Å². The number of hydrogen-bond donors (Lipinski definition) is 1. The summed E-state index contributed by atoms with van der Waals surface area (Å²) in [6, 6.07) is 1.73. The lowest BCUT2D eigenvalue weighted by Crippen LogP contribution is -2.25. The lowest BCUT2D eigenvalue weighted by atomic mass is 10.4. The van der Waals surface area contributed by atoms with Gasteiger partial charge in [-0.05, 0) is 12.8 Å². The Labute approximate surface area is 129 Å². The number of amides is 1. The van der Waals surface area contributed by atoms with Crippen LogP contribution in [-0.2, 0) is 4.79 Å². The normalized spacial score (nSPS) is 10.4. The van der Waals surface area contributed by atoms with Crippen LogP contribution in [0.2, 0.25) is 5.15 Å². The third-order valence-electron chi connectivity index (χ3n) is 2.52. The Kier molecular flexibility index (Phi) is 7.69. The highest BCUT2D eigenvalue weighted by atomic mass is 35.5. The maximum atomic E-state index is 11.6. The van der Waals surface area contributed by atoms with Gasteiger partial charge in [0.2, 0.25) is 5.91 Å². The van der Waals surface area contributed by atoms with Gasteiger partial charge in [-0.3, -0.25) is 4.79 Å². The Morgan fingerprint density at radius 2 is 2.15 bits per heavy atom. The third kappa shape index (κ3) is 5.96. The number of rotatable bonds is 8. The molecular formula is C13H21ClN4OS. The maximum Gasteiger partial charge on any atom is 0.230 e. The Balaban J connectivity index is 2.63. The zero-order chi connectivity index (χ0) is 15.0. The van der Waals surface area contributed by atoms with E-state index in [9.17, 15) is 4.79 Å². The number of anilines is 1. The molecule has 0 aliphatic rings. The van der Waals surface area contributed by atoms with Gasteiger partial charge in [-0.2, -0.15) is 0 Å². The van der Waals surface area contributed by atoms with Crippen LogP contribution in [0.15, 0.2) is 11.2 Å². The van der Waals surface area contributed by atoms with E-state index in [4.69, 9.17) is 11.6 Å². The molecule has 0 atom stereocenters. The van der Waals surface area contributed by atoms with Crippen LogP contribution in [-0.4, -0.2) is 41.8 Å². The van der Waals surface area contributed by atoms with Gasteiger partial charge in [0.1, 0.15) is 11.0 Å². The first-order chi connectivity index (χ1) is 9.56. The van der Waals surface area contributed by atoms with Crippen molar-refractivity contribution in [1.82, 2.24) is 15.3 Å². The van der Waals surface area contributed by atoms with Crippen molar-refractivity contribution in [2.75, 3.05) is 30.8 Å². The fourth-order valence-corrected chi connectivity index (χ4v) is 2.45. The average molecular weight is 317 g/mol. The van der Waals surface area contributed by atoms with Crippen LogP contribution in [0.4, 0.5) is 5.82 Å². The lowest BCUT2D eigenvalue weighted by molar-refractivity contribution is -0.118. The van der Waals surface area contributed by atoms with E-state index in [-0.39, 0.29) is 5.91 Å². The van der Waals surface area contributed by atoms with E-state index in [1.807, 2.05) is 18.9 Å². The molecule has 5 nitrogen and oxygen atoms in total. The third-order valence-corrected chi connectivity index (χ3v) is 3.56. The van der Waals surface area contributed by atoms with Crippen molar-refractivity contribution in [2.45, 2.75) is 31.8 Å². The van der Waals surface area contributed by atoms with Crippen LogP contribution in [0.5, 0.6) is 0 Å². The van der Waals surface area contributed by atoms with E-state index < -0.39 is 0 Å². The number of hydrogen-bond acceptors (Lipinski definition) is 5. The minimum atomic E-state index is -0.0103. The fraction of sp³-hybridized carbons (Fsp3) is 0.615. The SMILES string of the molecule is CCCNC(=O)CSc1nc(Cl)cc(N(C)CCC)n1. The average Bonchev–Trinajstić information content (AvgIpc) is 2.42. The van der Waals surface area contributed by atoms with E-state index >= 15 is 0 Å². The summed E-state index contributed by atoms with van der Waals surface area (Å²) in [4.78, 5) is 22.1. The zero-order valence-corrected chi connectivity index (χ0v) is 13.7. The summed E-state index contributed by atoms with van der Waals surface area (Å²) in [5.74, 6) is 1.07.